The zero-order valence-corrected chi connectivity index (χ0v) is 21.4. The number of benzene rings is 4. The maximum absolute atomic E-state index is 13.1. The molecule has 4 aromatic rings. The summed E-state index contributed by atoms with van der Waals surface area (Å²) in [4.78, 5) is 2.10. The van der Waals surface area contributed by atoms with Gasteiger partial charge in [-0.05, 0) is 72.0 Å². The summed E-state index contributed by atoms with van der Waals surface area (Å²) in [6, 6.07) is 24.6. The molecule has 0 heterocycles. The summed E-state index contributed by atoms with van der Waals surface area (Å²) in [5.41, 5.74) is 0.895. The normalized spacial score (nSPS) is 13.2. The molecule has 0 aliphatic heterocycles. The minimum Gasteiger partial charge on any atom is -0.371 e. The molecule has 0 fully saturated rings. The predicted molar refractivity (Wildman–Crippen MR) is 143 cm³/mol. The van der Waals surface area contributed by atoms with Crippen LogP contribution in [0.5, 0.6) is 0 Å². The third kappa shape index (κ3) is 7.43. The number of alkyl halides is 6. The summed E-state index contributed by atoms with van der Waals surface area (Å²) in [5.74, 6) is 0. The summed E-state index contributed by atoms with van der Waals surface area (Å²) < 4.78 is 78.7. The van der Waals surface area contributed by atoms with Gasteiger partial charge in [-0.15, -0.1) is 0 Å². The molecule has 0 saturated carbocycles. The Bertz CT molecular complexity index is 1410. The van der Waals surface area contributed by atoms with Crippen LogP contribution in [-0.2, 0) is 25.2 Å². The predicted octanol–water partition coefficient (Wildman–Crippen LogP) is 9.63. The third-order valence-corrected chi connectivity index (χ3v) is 6.81. The Balaban J connectivity index is 1.54. The van der Waals surface area contributed by atoms with Crippen LogP contribution in [0.3, 0.4) is 0 Å². The number of rotatable bonds is 9. The zero-order valence-electron chi connectivity index (χ0n) is 21.4. The molecule has 0 unspecified atom stereocenters. The SMILES string of the molecule is C[C@H](c1cccc2ccccc12)N(/C=C/Cc1cccc(C(F)(F)F)c1)CCCc1cccc(C(F)(F)F)c1. The Labute approximate surface area is 224 Å². The lowest BCUT2D eigenvalue weighted by atomic mass is 9.98. The molecule has 4 aromatic carbocycles. The molecule has 0 aliphatic rings. The summed E-state index contributed by atoms with van der Waals surface area (Å²) in [6.45, 7) is 2.61. The van der Waals surface area contributed by atoms with Crippen molar-refractivity contribution in [2.45, 2.75) is 44.6 Å². The van der Waals surface area contributed by atoms with E-state index in [1.807, 2.05) is 54.7 Å². The fourth-order valence-electron chi connectivity index (χ4n) is 4.76. The quantitative estimate of drug-likeness (QED) is 0.191. The second-order valence-corrected chi connectivity index (χ2v) is 9.57. The number of aryl methyl sites for hydroxylation is 1. The molecule has 0 aromatic heterocycles. The van der Waals surface area contributed by atoms with E-state index in [2.05, 4.69) is 11.8 Å². The lowest BCUT2D eigenvalue weighted by molar-refractivity contribution is -0.138. The van der Waals surface area contributed by atoms with Gasteiger partial charge in [0.2, 0.25) is 0 Å². The first-order chi connectivity index (χ1) is 18.5. The van der Waals surface area contributed by atoms with E-state index in [9.17, 15) is 26.3 Å². The first kappa shape index (κ1) is 28.3. The molecule has 1 atom stereocenters. The molecule has 0 spiro atoms. The van der Waals surface area contributed by atoms with Crippen LogP contribution in [0, 0.1) is 0 Å². The Morgan fingerprint density at radius 2 is 1.31 bits per heavy atom. The van der Waals surface area contributed by atoms with Gasteiger partial charge in [0, 0.05) is 6.54 Å². The Morgan fingerprint density at radius 1 is 0.718 bits per heavy atom. The molecule has 39 heavy (non-hydrogen) atoms. The molecule has 1 nitrogen and oxygen atoms in total. The molecule has 0 aliphatic carbocycles. The van der Waals surface area contributed by atoms with Gasteiger partial charge in [0.25, 0.3) is 0 Å². The topological polar surface area (TPSA) is 3.24 Å². The van der Waals surface area contributed by atoms with Crippen molar-refractivity contribution < 1.29 is 26.3 Å². The second kappa shape index (κ2) is 12.0. The van der Waals surface area contributed by atoms with E-state index in [4.69, 9.17) is 0 Å². The summed E-state index contributed by atoms with van der Waals surface area (Å²) in [7, 11) is 0. The van der Waals surface area contributed by atoms with E-state index in [1.54, 1.807) is 12.1 Å². The minimum atomic E-state index is -4.40. The Hall–Kier alpha value is -3.74. The lowest BCUT2D eigenvalue weighted by Gasteiger charge is -2.29. The number of halogens is 6. The average Bonchev–Trinajstić information content (AvgIpc) is 2.91. The summed E-state index contributed by atoms with van der Waals surface area (Å²) in [5, 5.41) is 2.19. The highest BCUT2D eigenvalue weighted by molar-refractivity contribution is 5.86. The van der Waals surface area contributed by atoms with Crippen LogP contribution in [0.1, 0.15) is 47.2 Å². The average molecular weight is 542 g/mol. The molecule has 0 N–H and O–H groups in total. The largest absolute Gasteiger partial charge is 0.416 e. The summed E-state index contributed by atoms with van der Waals surface area (Å²) in [6.07, 6.45) is -3.69. The fraction of sp³-hybridized carbons (Fsp3) is 0.250. The Kier molecular flexibility index (Phi) is 8.68. The number of allylic oxidation sites excluding steroid dienone is 1. The third-order valence-electron chi connectivity index (χ3n) is 6.81. The van der Waals surface area contributed by atoms with Gasteiger partial charge in [-0.25, -0.2) is 0 Å². The van der Waals surface area contributed by atoms with Crippen molar-refractivity contribution in [1.29, 1.82) is 0 Å². The molecule has 0 amide bonds. The van der Waals surface area contributed by atoms with E-state index in [-0.39, 0.29) is 6.04 Å². The van der Waals surface area contributed by atoms with Crippen LogP contribution in [0.25, 0.3) is 10.8 Å². The highest BCUT2D eigenvalue weighted by Crippen LogP contribution is 2.32. The monoisotopic (exact) mass is 541 g/mol. The summed E-state index contributed by atoms with van der Waals surface area (Å²) >= 11 is 0. The standard InChI is InChI=1S/C32H29F6N/c1-23(29-18-6-14-26-13-2-3-17-30(26)29)39(19-7-11-24-9-4-15-27(21-24)31(33,34)35)20-8-12-25-10-5-16-28(22-25)32(36,37)38/h2-7,9-10,13-19,21-23H,8,11-12,20H2,1H3/b19-7+/t23-/m1/s1. The molecule has 7 heteroatoms. The highest BCUT2D eigenvalue weighted by atomic mass is 19.4. The highest BCUT2D eigenvalue weighted by Gasteiger charge is 2.31. The van der Waals surface area contributed by atoms with Crippen LogP contribution < -0.4 is 0 Å². The second-order valence-electron chi connectivity index (χ2n) is 9.57. The van der Waals surface area contributed by atoms with Crippen molar-refractivity contribution in [3.05, 3.63) is 131 Å². The Morgan fingerprint density at radius 3 is 2.00 bits per heavy atom. The molecule has 4 rings (SSSR count). The van der Waals surface area contributed by atoms with E-state index >= 15 is 0 Å². The fourth-order valence-corrected chi connectivity index (χ4v) is 4.76. The van der Waals surface area contributed by atoms with Gasteiger partial charge in [-0.3, -0.25) is 0 Å². The van der Waals surface area contributed by atoms with Gasteiger partial charge < -0.3 is 4.90 Å². The van der Waals surface area contributed by atoms with Crippen LogP contribution >= 0.6 is 0 Å². The molecule has 0 radical (unpaired) electrons. The van der Waals surface area contributed by atoms with Crippen LogP contribution in [0.4, 0.5) is 26.3 Å². The van der Waals surface area contributed by atoms with Gasteiger partial charge in [0.15, 0.2) is 0 Å². The molecule has 0 bridgehead atoms. The molecular weight excluding hydrogens is 512 g/mol. The minimum absolute atomic E-state index is 0.0737. The number of hydrogen-bond acceptors (Lipinski definition) is 1. The zero-order chi connectivity index (χ0) is 28.0. The van der Waals surface area contributed by atoms with E-state index in [0.29, 0.717) is 36.9 Å². The van der Waals surface area contributed by atoms with Gasteiger partial charge in [0.05, 0.1) is 17.2 Å². The van der Waals surface area contributed by atoms with Crippen LogP contribution in [-0.4, -0.2) is 11.4 Å². The van der Waals surface area contributed by atoms with E-state index in [0.717, 1.165) is 34.5 Å². The van der Waals surface area contributed by atoms with Gasteiger partial charge in [-0.1, -0.05) is 84.9 Å². The van der Waals surface area contributed by atoms with E-state index in [1.165, 1.54) is 18.2 Å². The van der Waals surface area contributed by atoms with Crippen LogP contribution in [0.15, 0.2) is 103 Å². The molecular formula is C32H29F6N. The lowest BCUT2D eigenvalue weighted by Crippen LogP contribution is -2.23. The van der Waals surface area contributed by atoms with E-state index < -0.39 is 23.5 Å². The number of fused-ring (bicyclic) bond motifs is 1. The molecule has 0 saturated heterocycles. The van der Waals surface area contributed by atoms with Gasteiger partial charge >= 0.3 is 12.4 Å². The van der Waals surface area contributed by atoms with Gasteiger partial charge in [0.1, 0.15) is 0 Å². The van der Waals surface area contributed by atoms with Crippen molar-refractivity contribution in [3.63, 3.8) is 0 Å². The molecule has 204 valence electrons. The number of nitrogens with zero attached hydrogens (tertiary/aromatic N) is 1. The maximum atomic E-state index is 13.1. The van der Waals surface area contributed by atoms with Crippen molar-refractivity contribution in [2.24, 2.45) is 0 Å². The van der Waals surface area contributed by atoms with Crippen molar-refractivity contribution in [3.8, 4) is 0 Å². The van der Waals surface area contributed by atoms with Gasteiger partial charge in [-0.2, -0.15) is 26.3 Å². The first-order valence-corrected chi connectivity index (χ1v) is 12.7. The maximum Gasteiger partial charge on any atom is 0.416 e. The van der Waals surface area contributed by atoms with Crippen molar-refractivity contribution >= 4 is 10.8 Å². The van der Waals surface area contributed by atoms with Crippen molar-refractivity contribution in [2.75, 3.05) is 6.54 Å². The number of hydrogen-bond donors (Lipinski definition) is 0. The first-order valence-electron chi connectivity index (χ1n) is 12.7. The smallest absolute Gasteiger partial charge is 0.371 e. The van der Waals surface area contributed by atoms with Crippen molar-refractivity contribution in [1.82, 2.24) is 4.90 Å². The van der Waals surface area contributed by atoms with Crippen LogP contribution in [0.2, 0.25) is 0 Å².